The second-order valence-electron chi connectivity index (χ2n) is 8.20. The van der Waals surface area contributed by atoms with E-state index in [1.807, 2.05) is 36.0 Å². The Kier molecular flexibility index (Phi) is 6.54. The van der Waals surface area contributed by atoms with Crippen molar-refractivity contribution >= 4 is 15.8 Å². The molecule has 170 valence electrons. The van der Waals surface area contributed by atoms with Gasteiger partial charge in [0.05, 0.1) is 11.9 Å². The normalized spacial score (nSPS) is 15.3. The van der Waals surface area contributed by atoms with Crippen LogP contribution in [0.4, 0.5) is 5.82 Å². The van der Waals surface area contributed by atoms with Crippen LogP contribution in [-0.4, -0.2) is 65.5 Å². The fourth-order valence-electron chi connectivity index (χ4n) is 3.92. The van der Waals surface area contributed by atoms with Gasteiger partial charge in [-0.05, 0) is 12.5 Å². The van der Waals surface area contributed by atoms with E-state index in [1.165, 1.54) is 5.56 Å². The number of hydrogen-bond acceptors (Lipinski definition) is 7. The number of benzene rings is 1. The molecule has 0 bridgehead atoms. The number of rotatable bonds is 7. The van der Waals surface area contributed by atoms with Gasteiger partial charge in [0.2, 0.25) is 10.0 Å². The van der Waals surface area contributed by atoms with Gasteiger partial charge in [0.15, 0.2) is 5.82 Å². The predicted molar refractivity (Wildman–Crippen MR) is 125 cm³/mol. The summed E-state index contributed by atoms with van der Waals surface area (Å²) >= 11 is 0. The first-order valence-electron chi connectivity index (χ1n) is 10.6. The SMILES string of the molecule is Cc1nn(C)cc1CN1CCN(c2nccnc2-c2ccc(CNS(C)(=O)=O)cc2)CC1. The number of aryl methyl sites for hydroxylation is 2. The van der Waals surface area contributed by atoms with Gasteiger partial charge in [0.25, 0.3) is 0 Å². The average Bonchev–Trinajstić information content (AvgIpc) is 3.09. The summed E-state index contributed by atoms with van der Waals surface area (Å²) in [7, 11) is -1.26. The largest absolute Gasteiger partial charge is 0.352 e. The molecule has 2 aromatic heterocycles. The summed E-state index contributed by atoms with van der Waals surface area (Å²) < 4.78 is 27.0. The highest BCUT2D eigenvalue weighted by molar-refractivity contribution is 7.88. The predicted octanol–water partition coefficient (Wildman–Crippen LogP) is 1.56. The first-order chi connectivity index (χ1) is 15.3. The number of hydrogen-bond donors (Lipinski definition) is 1. The quantitative estimate of drug-likeness (QED) is 0.577. The molecule has 3 heterocycles. The van der Waals surface area contributed by atoms with Gasteiger partial charge in [-0.3, -0.25) is 14.6 Å². The van der Waals surface area contributed by atoms with Crippen molar-refractivity contribution in [3.05, 3.63) is 59.7 Å². The van der Waals surface area contributed by atoms with Gasteiger partial charge < -0.3 is 4.90 Å². The number of aromatic nitrogens is 4. The zero-order valence-corrected chi connectivity index (χ0v) is 19.5. The number of nitrogens with zero attached hydrogens (tertiary/aromatic N) is 6. The topological polar surface area (TPSA) is 96.2 Å². The highest BCUT2D eigenvalue weighted by atomic mass is 32.2. The third-order valence-corrected chi connectivity index (χ3v) is 6.29. The number of sulfonamides is 1. The lowest BCUT2D eigenvalue weighted by molar-refractivity contribution is 0.249. The fraction of sp³-hybridized carbons (Fsp3) is 0.409. The molecule has 1 fully saturated rings. The molecule has 0 atom stereocenters. The Morgan fingerprint density at radius 2 is 1.72 bits per heavy atom. The van der Waals surface area contributed by atoms with Crippen LogP contribution in [0.15, 0.2) is 42.9 Å². The molecule has 1 aliphatic heterocycles. The minimum atomic E-state index is -3.22. The Labute approximate surface area is 189 Å². The van der Waals surface area contributed by atoms with Crippen LogP contribution in [0.5, 0.6) is 0 Å². The lowest BCUT2D eigenvalue weighted by atomic mass is 10.1. The summed E-state index contributed by atoms with van der Waals surface area (Å²) in [6.07, 6.45) is 6.69. The number of piperazine rings is 1. The first kappa shape index (κ1) is 22.4. The van der Waals surface area contributed by atoms with E-state index in [0.29, 0.717) is 0 Å². The van der Waals surface area contributed by atoms with E-state index in [1.54, 1.807) is 12.4 Å². The Balaban J connectivity index is 1.43. The number of anilines is 1. The lowest BCUT2D eigenvalue weighted by Crippen LogP contribution is -2.46. The van der Waals surface area contributed by atoms with Crippen LogP contribution in [-0.2, 0) is 30.2 Å². The highest BCUT2D eigenvalue weighted by Crippen LogP contribution is 2.28. The molecule has 0 aliphatic carbocycles. The monoisotopic (exact) mass is 455 g/mol. The minimum Gasteiger partial charge on any atom is -0.352 e. The molecule has 4 rings (SSSR count). The molecule has 1 aromatic carbocycles. The maximum Gasteiger partial charge on any atom is 0.209 e. The summed E-state index contributed by atoms with van der Waals surface area (Å²) in [6.45, 7) is 6.87. The summed E-state index contributed by atoms with van der Waals surface area (Å²) in [5.74, 6) is 0.881. The lowest BCUT2D eigenvalue weighted by Gasteiger charge is -2.35. The second-order valence-corrected chi connectivity index (χ2v) is 10.0. The van der Waals surface area contributed by atoms with Crippen LogP contribution in [0.25, 0.3) is 11.3 Å². The van der Waals surface area contributed by atoms with Crippen LogP contribution in [0.2, 0.25) is 0 Å². The molecule has 0 saturated carbocycles. The van der Waals surface area contributed by atoms with Crippen LogP contribution in [0.3, 0.4) is 0 Å². The van der Waals surface area contributed by atoms with Crippen LogP contribution < -0.4 is 9.62 Å². The smallest absolute Gasteiger partial charge is 0.209 e. The third kappa shape index (κ3) is 5.50. The van der Waals surface area contributed by atoms with E-state index >= 15 is 0 Å². The molecule has 0 radical (unpaired) electrons. The second kappa shape index (κ2) is 9.35. The van der Waals surface area contributed by atoms with Crippen LogP contribution in [0.1, 0.15) is 16.8 Å². The molecule has 32 heavy (non-hydrogen) atoms. The third-order valence-electron chi connectivity index (χ3n) is 5.63. The van der Waals surface area contributed by atoms with E-state index in [2.05, 4.69) is 42.7 Å². The highest BCUT2D eigenvalue weighted by Gasteiger charge is 2.22. The zero-order valence-electron chi connectivity index (χ0n) is 18.7. The van der Waals surface area contributed by atoms with Crippen molar-refractivity contribution in [2.45, 2.75) is 20.0 Å². The van der Waals surface area contributed by atoms with Gasteiger partial charge in [-0.15, -0.1) is 0 Å². The first-order valence-corrected chi connectivity index (χ1v) is 12.5. The van der Waals surface area contributed by atoms with Crippen molar-refractivity contribution in [2.75, 3.05) is 37.3 Å². The summed E-state index contributed by atoms with van der Waals surface area (Å²) in [6, 6.07) is 7.77. The molecule has 0 amide bonds. The molecule has 1 N–H and O–H groups in total. The summed E-state index contributed by atoms with van der Waals surface area (Å²) in [5.41, 5.74) is 5.05. The Morgan fingerprint density at radius 1 is 1.03 bits per heavy atom. The van der Waals surface area contributed by atoms with Crippen molar-refractivity contribution in [3.8, 4) is 11.3 Å². The van der Waals surface area contributed by atoms with Gasteiger partial charge in [0.1, 0.15) is 5.69 Å². The van der Waals surface area contributed by atoms with Gasteiger partial charge in [-0.25, -0.2) is 18.1 Å². The molecule has 1 saturated heterocycles. The van der Waals surface area contributed by atoms with E-state index in [4.69, 9.17) is 0 Å². The Morgan fingerprint density at radius 3 is 2.34 bits per heavy atom. The van der Waals surface area contributed by atoms with Gasteiger partial charge in [-0.1, -0.05) is 24.3 Å². The Hall–Kier alpha value is -2.82. The molecule has 1 aliphatic rings. The van der Waals surface area contributed by atoms with E-state index < -0.39 is 10.0 Å². The molecular formula is C22H29N7O2S. The maximum absolute atomic E-state index is 11.3. The standard InChI is InChI=1S/C22H29N7O2S/c1-17-20(15-27(2)26-17)16-28-10-12-29(13-11-28)22-21(23-8-9-24-22)19-6-4-18(5-7-19)14-25-32(3,30)31/h4-9,15,25H,10-14,16H2,1-3H3. The molecule has 9 nitrogen and oxygen atoms in total. The summed E-state index contributed by atoms with van der Waals surface area (Å²) in [4.78, 5) is 14.0. The van der Waals surface area contributed by atoms with Crippen molar-refractivity contribution in [1.82, 2.24) is 29.4 Å². The van der Waals surface area contributed by atoms with E-state index in [-0.39, 0.29) is 6.54 Å². The molecule has 10 heteroatoms. The summed E-state index contributed by atoms with van der Waals surface area (Å²) in [5, 5.41) is 4.44. The van der Waals surface area contributed by atoms with E-state index in [0.717, 1.165) is 67.3 Å². The molecular weight excluding hydrogens is 426 g/mol. The molecule has 0 unspecified atom stereocenters. The molecule has 3 aromatic rings. The fourth-order valence-corrected chi connectivity index (χ4v) is 4.35. The van der Waals surface area contributed by atoms with Crippen LogP contribution in [0, 0.1) is 6.92 Å². The Bertz CT molecular complexity index is 1170. The van der Waals surface area contributed by atoms with Crippen molar-refractivity contribution < 1.29 is 8.42 Å². The van der Waals surface area contributed by atoms with Gasteiger partial charge in [0, 0.05) is 76.0 Å². The zero-order chi connectivity index (χ0) is 22.7. The average molecular weight is 456 g/mol. The minimum absolute atomic E-state index is 0.269. The van der Waals surface area contributed by atoms with Gasteiger partial charge in [-0.2, -0.15) is 5.10 Å². The number of nitrogens with one attached hydrogen (secondary N) is 1. The van der Waals surface area contributed by atoms with Crippen LogP contribution >= 0.6 is 0 Å². The van der Waals surface area contributed by atoms with Crippen molar-refractivity contribution in [1.29, 1.82) is 0 Å². The van der Waals surface area contributed by atoms with Crippen molar-refractivity contribution in [3.63, 3.8) is 0 Å². The van der Waals surface area contributed by atoms with Gasteiger partial charge >= 0.3 is 0 Å². The van der Waals surface area contributed by atoms with Crippen molar-refractivity contribution in [2.24, 2.45) is 7.05 Å². The maximum atomic E-state index is 11.3. The molecule has 0 spiro atoms. The van der Waals surface area contributed by atoms with E-state index in [9.17, 15) is 8.42 Å².